The molecule has 5 rings (SSSR count). The van der Waals surface area contributed by atoms with Crippen molar-refractivity contribution in [3.63, 3.8) is 0 Å². The van der Waals surface area contributed by atoms with Crippen molar-refractivity contribution in [2.45, 2.75) is 44.4 Å². The monoisotopic (exact) mass is 383 g/mol. The molecule has 1 aliphatic heterocycles. The first-order valence-corrected chi connectivity index (χ1v) is 10.5. The van der Waals surface area contributed by atoms with Gasteiger partial charge < -0.3 is 0 Å². The van der Waals surface area contributed by atoms with Crippen LogP contribution in [0.3, 0.4) is 0 Å². The van der Waals surface area contributed by atoms with E-state index in [0.29, 0.717) is 12.1 Å². The third kappa shape index (κ3) is 2.94. The van der Waals surface area contributed by atoms with Gasteiger partial charge in [0.1, 0.15) is 0 Å². The van der Waals surface area contributed by atoms with Gasteiger partial charge in [-0.3, -0.25) is 14.5 Å². The van der Waals surface area contributed by atoms with Gasteiger partial charge in [0.2, 0.25) is 0 Å². The molecule has 3 aromatic rings. The van der Waals surface area contributed by atoms with Gasteiger partial charge >= 0.3 is 0 Å². The summed E-state index contributed by atoms with van der Waals surface area (Å²) < 4.78 is 5.15. The van der Waals surface area contributed by atoms with Crippen LogP contribution in [0.4, 0.5) is 0 Å². The van der Waals surface area contributed by atoms with Gasteiger partial charge in [-0.2, -0.15) is 0 Å². The first-order chi connectivity index (χ1) is 12.8. The summed E-state index contributed by atoms with van der Waals surface area (Å²) in [6.45, 7) is 1.82. The van der Waals surface area contributed by atoms with Crippen molar-refractivity contribution < 1.29 is 0 Å². The zero-order chi connectivity index (χ0) is 17.5. The molecule has 7 heteroatoms. The molecule has 0 N–H and O–H groups in total. The van der Waals surface area contributed by atoms with Crippen molar-refractivity contribution in [1.29, 1.82) is 0 Å². The number of likely N-dealkylation sites (tertiary alicyclic amines) is 1. The Kier molecular flexibility index (Phi) is 4.23. The lowest BCUT2D eigenvalue weighted by molar-refractivity contribution is 0.189. The minimum absolute atomic E-state index is 0.405. The van der Waals surface area contributed by atoms with E-state index in [0.717, 1.165) is 23.8 Å². The maximum absolute atomic E-state index is 5.82. The van der Waals surface area contributed by atoms with Gasteiger partial charge in [0.15, 0.2) is 10.6 Å². The highest BCUT2D eigenvalue weighted by Crippen LogP contribution is 2.40. The zero-order valence-corrected chi connectivity index (χ0v) is 16.1. The van der Waals surface area contributed by atoms with Crippen molar-refractivity contribution in [2.24, 2.45) is 0 Å². The summed E-state index contributed by atoms with van der Waals surface area (Å²) in [5, 5.41) is 7.04. The minimum atomic E-state index is 0.405. The average molecular weight is 384 g/mol. The Morgan fingerprint density at radius 1 is 1.19 bits per heavy atom. The topological polar surface area (TPSA) is 38.9 Å². The fourth-order valence-corrected chi connectivity index (χ4v) is 4.91. The quantitative estimate of drug-likeness (QED) is 0.600. The molecule has 0 amide bonds. The van der Waals surface area contributed by atoms with Crippen LogP contribution in [0.15, 0.2) is 42.0 Å². The van der Waals surface area contributed by atoms with Crippen molar-refractivity contribution in [1.82, 2.24) is 24.2 Å². The number of hydrogen-bond donors (Lipinski definition) is 0. The van der Waals surface area contributed by atoms with E-state index < -0.39 is 0 Å². The van der Waals surface area contributed by atoms with Crippen LogP contribution >= 0.6 is 23.6 Å². The second-order valence-electron chi connectivity index (χ2n) is 7.08. The minimum Gasteiger partial charge on any atom is -0.296 e. The lowest BCUT2D eigenvalue weighted by atomic mass is 10.1. The molecule has 4 heterocycles. The molecule has 3 aromatic heterocycles. The number of hydrogen-bond acceptors (Lipinski definition) is 5. The summed E-state index contributed by atoms with van der Waals surface area (Å²) in [5.41, 5.74) is 1.29. The molecule has 134 valence electrons. The van der Waals surface area contributed by atoms with E-state index in [-0.39, 0.29) is 0 Å². The Balaban J connectivity index is 1.47. The van der Waals surface area contributed by atoms with Crippen LogP contribution < -0.4 is 0 Å². The van der Waals surface area contributed by atoms with Crippen LogP contribution in [0.1, 0.15) is 43.3 Å². The molecule has 2 aliphatic rings. The SMILES string of the molecule is S=c1n(CN2CCCC2c2cccnc2)nc(-c2cccs2)n1C1CC1. The van der Waals surface area contributed by atoms with Gasteiger partial charge in [0.05, 0.1) is 11.5 Å². The van der Waals surface area contributed by atoms with E-state index in [1.807, 2.05) is 23.1 Å². The van der Waals surface area contributed by atoms with E-state index in [4.69, 9.17) is 17.3 Å². The summed E-state index contributed by atoms with van der Waals surface area (Å²) in [7, 11) is 0. The number of nitrogens with zero attached hydrogens (tertiary/aromatic N) is 5. The Labute approximate surface area is 161 Å². The highest BCUT2D eigenvalue weighted by molar-refractivity contribution is 7.71. The molecule has 2 fully saturated rings. The van der Waals surface area contributed by atoms with Crippen molar-refractivity contribution >= 4 is 23.6 Å². The smallest absolute Gasteiger partial charge is 0.199 e. The first-order valence-electron chi connectivity index (χ1n) is 9.18. The van der Waals surface area contributed by atoms with Gasteiger partial charge in [-0.25, -0.2) is 4.68 Å². The third-order valence-corrected chi connectivity index (χ3v) is 6.55. The normalized spacial score (nSPS) is 20.7. The van der Waals surface area contributed by atoms with Gasteiger partial charge in [-0.05, 0) is 61.0 Å². The molecule has 0 aromatic carbocycles. The predicted octanol–water partition coefficient (Wildman–Crippen LogP) is 4.67. The molecule has 1 atom stereocenters. The van der Waals surface area contributed by atoms with Gasteiger partial charge in [0.25, 0.3) is 0 Å². The van der Waals surface area contributed by atoms with Crippen molar-refractivity contribution in [3.05, 3.63) is 52.4 Å². The van der Waals surface area contributed by atoms with Crippen LogP contribution in [-0.4, -0.2) is 30.8 Å². The van der Waals surface area contributed by atoms with Crippen LogP contribution in [0.2, 0.25) is 0 Å². The van der Waals surface area contributed by atoms with Gasteiger partial charge in [-0.1, -0.05) is 12.1 Å². The molecule has 1 unspecified atom stereocenters. The third-order valence-electron chi connectivity index (χ3n) is 5.27. The van der Waals surface area contributed by atoms with Crippen LogP contribution in [-0.2, 0) is 6.67 Å². The maximum Gasteiger partial charge on any atom is 0.199 e. The van der Waals surface area contributed by atoms with E-state index >= 15 is 0 Å². The molecular weight excluding hydrogens is 362 g/mol. The molecule has 0 spiro atoms. The molecule has 1 aliphatic carbocycles. The molecule has 5 nitrogen and oxygen atoms in total. The summed E-state index contributed by atoms with van der Waals surface area (Å²) in [4.78, 5) is 7.98. The van der Waals surface area contributed by atoms with E-state index in [1.165, 1.54) is 36.1 Å². The number of pyridine rings is 1. The van der Waals surface area contributed by atoms with E-state index in [2.05, 4.69) is 38.0 Å². The summed E-state index contributed by atoms with van der Waals surface area (Å²) >= 11 is 7.55. The summed E-state index contributed by atoms with van der Waals surface area (Å²) in [6.07, 6.45) is 8.61. The number of thiophene rings is 1. The second-order valence-corrected chi connectivity index (χ2v) is 8.40. The average Bonchev–Trinajstić information content (AvgIpc) is 3.08. The highest BCUT2D eigenvalue weighted by atomic mass is 32.1. The Morgan fingerprint density at radius 2 is 2.12 bits per heavy atom. The summed E-state index contributed by atoms with van der Waals surface area (Å²) in [6, 6.07) is 9.35. The highest BCUT2D eigenvalue weighted by Gasteiger charge is 2.31. The van der Waals surface area contributed by atoms with E-state index in [1.54, 1.807) is 11.3 Å². The Bertz CT molecular complexity index is 940. The fourth-order valence-electron chi connectivity index (χ4n) is 3.87. The second kappa shape index (κ2) is 6.72. The predicted molar refractivity (Wildman–Crippen MR) is 106 cm³/mol. The largest absolute Gasteiger partial charge is 0.296 e. The lowest BCUT2D eigenvalue weighted by Crippen LogP contribution is -2.27. The van der Waals surface area contributed by atoms with Crippen LogP contribution in [0.5, 0.6) is 0 Å². The van der Waals surface area contributed by atoms with Crippen LogP contribution in [0, 0.1) is 4.77 Å². The Morgan fingerprint density at radius 3 is 2.85 bits per heavy atom. The fraction of sp³-hybridized carbons (Fsp3) is 0.421. The van der Waals surface area contributed by atoms with Gasteiger partial charge in [0, 0.05) is 31.0 Å². The molecular formula is C19H21N5S2. The summed E-state index contributed by atoms with van der Waals surface area (Å²) in [5.74, 6) is 1.03. The molecule has 0 radical (unpaired) electrons. The lowest BCUT2D eigenvalue weighted by Gasteiger charge is -2.24. The first kappa shape index (κ1) is 16.4. The Hall–Kier alpha value is -1.83. The standard InChI is InChI=1S/C19H21N5S2/c25-19-23(13-22-10-2-5-16(22)14-4-1-9-20-12-14)21-18(17-6-3-11-26-17)24(19)15-7-8-15/h1,3-4,6,9,11-12,15-16H,2,5,7-8,10,13H2. The molecule has 0 bridgehead atoms. The van der Waals surface area contributed by atoms with Crippen LogP contribution in [0.25, 0.3) is 10.7 Å². The van der Waals surface area contributed by atoms with Crippen molar-refractivity contribution in [3.8, 4) is 10.7 Å². The molecule has 26 heavy (non-hydrogen) atoms. The zero-order valence-electron chi connectivity index (χ0n) is 14.5. The molecule has 1 saturated heterocycles. The maximum atomic E-state index is 5.82. The molecule has 1 saturated carbocycles. The number of aromatic nitrogens is 4. The van der Waals surface area contributed by atoms with Crippen molar-refractivity contribution in [2.75, 3.05) is 6.54 Å². The number of rotatable bonds is 5. The van der Waals surface area contributed by atoms with Gasteiger partial charge in [-0.15, -0.1) is 16.4 Å². The van der Waals surface area contributed by atoms with E-state index in [9.17, 15) is 0 Å².